The molecule has 2 rings (SSSR count). The molecule has 5 nitrogen and oxygen atoms in total. The van der Waals surface area contributed by atoms with Gasteiger partial charge in [0, 0.05) is 12.4 Å². The van der Waals surface area contributed by atoms with Crippen LogP contribution in [-0.2, 0) is 0 Å². The van der Waals surface area contributed by atoms with E-state index in [1.807, 2.05) is 17.7 Å². The molecule has 66 valence electrons. The number of rotatable bonds is 1. The summed E-state index contributed by atoms with van der Waals surface area (Å²) in [5.74, 6) is 1.18. The summed E-state index contributed by atoms with van der Waals surface area (Å²) >= 11 is 0. The Morgan fingerprint density at radius 2 is 1.92 bits per heavy atom. The van der Waals surface area contributed by atoms with Crippen LogP contribution in [0.1, 0.15) is 5.82 Å². The smallest absolute Gasteiger partial charge is 0.220 e. The van der Waals surface area contributed by atoms with Gasteiger partial charge in [-0.05, 0) is 6.92 Å². The summed E-state index contributed by atoms with van der Waals surface area (Å²) in [6.45, 7) is 1.91. The van der Waals surface area contributed by atoms with Crippen LogP contribution in [0.25, 0.3) is 5.69 Å². The Morgan fingerprint density at radius 1 is 1.23 bits per heavy atom. The van der Waals surface area contributed by atoms with E-state index in [4.69, 9.17) is 5.73 Å². The van der Waals surface area contributed by atoms with E-state index in [9.17, 15) is 0 Å². The molecular weight excluding hydrogens is 166 g/mol. The lowest BCUT2D eigenvalue weighted by Crippen LogP contribution is -2.00. The normalized spacial score (nSPS) is 10.2. The molecule has 0 saturated heterocycles. The summed E-state index contributed by atoms with van der Waals surface area (Å²) in [5.41, 5.74) is 6.24. The van der Waals surface area contributed by atoms with Crippen LogP contribution in [-0.4, -0.2) is 19.5 Å². The number of aryl methyl sites for hydroxylation is 1. The highest BCUT2D eigenvalue weighted by Crippen LogP contribution is 2.07. The van der Waals surface area contributed by atoms with E-state index in [0.717, 1.165) is 11.5 Å². The molecule has 0 unspecified atom stereocenters. The minimum absolute atomic E-state index is 0.279. The molecule has 5 heteroatoms. The van der Waals surface area contributed by atoms with Crippen molar-refractivity contribution in [3.8, 4) is 5.69 Å². The Bertz CT molecular complexity index is 403. The first-order chi connectivity index (χ1) is 6.27. The predicted molar refractivity (Wildman–Crippen MR) is 48.3 cm³/mol. The second-order valence-corrected chi connectivity index (χ2v) is 2.64. The van der Waals surface area contributed by atoms with Gasteiger partial charge in [0.05, 0.1) is 18.1 Å². The lowest BCUT2D eigenvalue weighted by atomic mass is 10.5. The van der Waals surface area contributed by atoms with Gasteiger partial charge in [0.2, 0.25) is 5.95 Å². The van der Waals surface area contributed by atoms with Crippen LogP contribution in [0.2, 0.25) is 0 Å². The zero-order chi connectivity index (χ0) is 9.26. The molecule has 13 heavy (non-hydrogen) atoms. The van der Waals surface area contributed by atoms with Gasteiger partial charge in [0.1, 0.15) is 5.82 Å². The Hall–Kier alpha value is -1.91. The fourth-order valence-electron chi connectivity index (χ4n) is 1.11. The van der Waals surface area contributed by atoms with Gasteiger partial charge >= 0.3 is 0 Å². The van der Waals surface area contributed by atoms with E-state index in [1.165, 1.54) is 0 Å². The summed E-state index contributed by atoms with van der Waals surface area (Å²) in [5, 5.41) is 0. The van der Waals surface area contributed by atoms with Crippen molar-refractivity contribution in [2.45, 2.75) is 6.92 Å². The van der Waals surface area contributed by atoms with Gasteiger partial charge in [-0.25, -0.2) is 15.0 Å². The van der Waals surface area contributed by atoms with Crippen LogP contribution in [0.5, 0.6) is 0 Å². The number of nitrogen functional groups attached to an aromatic ring is 1. The fourth-order valence-corrected chi connectivity index (χ4v) is 1.11. The molecule has 2 N–H and O–H groups in total. The minimum Gasteiger partial charge on any atom is -0.368 e. The Kier molecular flexibility index (Phi) is 1.70. The van der Waals surface area contributed by atoms with E-state index in [0.29, 0.717) is 0 Å². The van der Waals surface area contributed by atoms with Gasteiger partial charge in [-0.1, -0.05) is 0 Å². The first kappa shape index (κ1) is 7.72. The maximum atomic E-state index is 5.37. The molecule has 0 spiro atoms. The van der Waals surface area contributed by atoms with E-state index in [1.54, 1.807) is 18.6 Å². The second kappa shape index (κ2) is 2.85. The molecule has 0 bridgehead atoms. The largest absolute Gasteiger partial charge is 0.368 e. The average molecular weight is 175 g/mol. The monoisotopic (exact) mass is 175 g/mol. The van der Waals surface area contributed by atoms with Crippen molar-refractivity contribution >= 4 is 5.95 Å². The van der Waals surface area contributed by atoms with E-state index in [2.05, 4.69) is 15.0 Å². The van der Waals surface area contributed by atoms with Gasteiger partial charge in [-0.2, -0.15) is 0 Å². The van der Waals surface area contributed by atoms with Gasteiger partial charge in [0.15, 0.2) is 0 Å². The number of aromatic nitrogens is 4. The SMILES string of the molecule is Cc1nccn1-c1cnc(N)nc1. The maximum Gasteiger partial charge on any atom is 0.220 e. The van der Waals surface area contributed by atoms with E-state index >= 15 is 0 Å². The summed E-state index contributed by atoms with van der Waals surface area (Å²) in [7, 11) is 0. The number of hydrogen-bond acceptors (Lipinski definition) is 4. The third-order valence-corrected chi connectivity index (χ3v) is 1.76. The van der Waals surface area contributed by atoms with Gasteiger partial charge in [-0.3, -0.25) is 0 Å². The Balaban J connectivity index is 2.47. The maximum absolute atomic E-state index is 5.37. The van der Waals surface area contributed by atoms with Crippen LogP contribution >= 0.6 is 0 Å². The third-order valence-electron chi connectivity index (χ3n) is 1.76. The lowest BCUT2D eigenvalue weighted by Gasteiger charge is -2.02. The molecule has 0 aromatic carbocycles. The number of hydrogen-bond donors (Lipinski definition) is 1. The molecule has 2 heterocycles. The van der Waals surface area contributed by atoms with E-state index in [-0.39, 0.29) is 5.95 Å². The molecule has 0 radical (unpaired) electrons. The summed E-state index contributed by atoms with van der Waals surface area (Å²) in [6, 6.07) is 0. The Labute approximate surface area is 75.3 Å². The summed E-state index contributed by atoms with van der Waals surface area (Å²) in [6.07, 6.45) is 6.91. The predicted octanol–water partition coefficient (Wildman–Crippen LogP) is 0.553. The van der Waals surface area contributed by atoms with Gasteiger partial charge in [0.25, 0.3) is 0 Å². The topological polar surface area (TPSA) is 69.6 Å². The Morgan fingerprint density at radius 3 is 2.46 bits per heavy atom. The molecule has 0 aliphatic rings. The van der Waals surface area contributed by atoms with Crippen molar-refractivity contribution in [3.05, 3.63) is 30.6 Å². The van der Waals surface area contributed by atoms with Crippen LogP contribution in [0.15, 0.2) is 24.8 Å². The van der Waals surface area contributed by atoms with Crippen LogP contribution in [0, 0.1) is 6.92 Å². The molecule has 2 aromatic heterocycles. The fraction of sp³-hybridized carbons (Fsp3) is 0.125. The number of imidazole rings is 1. The van der Waals surface area contributed by atoms with Crippen molar-refractivity contribution < 1.29 is 0 Å². The van der Waals surface area contributed by atoms with Crippen LogP contribution < -0.4 is 5.73 Å². The van der Waals surface area contributed by atoms with E-state index < -0.39 is 0 Å². The van der Waals surface area contributed by atoms with Gasteiger partial charge in [-0.15, -0.1) is 0 Å². The highest BCUT2D eigenvalue weighted by atomic mass is 15.1. The molecule has 0 saturated carbocycles. The van der Waals surface area contributed by atoms with Crippen LogP contribution in [0.3, 0.4) is 0 Å². The minimum atomic E-state index is 0.279. The molecule has 0 aliphatic heterocycles. The second-order valence-electron chi connectivity index (χ2n) is 2.64. The quantitative estimate of drug-likeness (QED) is 0.687. The third kappa shape index (κ3) is 1.35. The molecule has 0 aliphatic carbocycles. The lowest BCUT2D eigenvalue weighted by molar-refractivity contribution is 0.951. The zero-order valence-corrected chi connectivity index (χ0v) is 7.18. The highest BCUT2D eigenvalue weighted by molar-refractivity contribution is 5.30. The van der Waals surface area contributed by atoms with Crippen LogP contribution in [0.4, 0.5) is 5.95 Å². The van der Waals surface area contributed by atoms with Crippen molar-refractivity contribution in [1.29, 1.82) is 0 Å². The van der Waals surface area contributed by atoms with Crippen molar-refractivity contribution in [3.63, 3.8) is 0 Å². The molecule has 2 aromatic rings. The summed E-state index contributed by atoms with van der Waals surface area (Å²) in [4.78, 5) is 11.9. The molecule has 0 amide bonds. The molecular formula is C8H9N5. The number of nitrogens with two attached hydrogens (primary N) is 1. The first-order valence-corrected chi connectivity index (χ1v) is 3.85. The molecule has 0 atom stereocenters. The first-order valence-electron chi connectivity index (χ1n) is 3.85. The standard InChI is InChI=1S/C8H9N5/c1-6-10-2-3-13(6)7-4-11-8(9)12-5-7/h2-5H,1H3,(H2,9,11,12). The number of anilines is 1. The van der Waals surface area contributed by atoms with Gasteiger partial charge < -0.3 is 10.3 Å². The number of nitrogens with zero attached hydrogens (tertiary/aromatic N) is 4. The highest BCUT2D eigenvalue weighted by Gasteiger charge is 2.00. The molecule has 0 fully saturated rings. The van der Waals surface area contributed by atoms with Crippen molar-refractivity contribution in [1.82, 2.24) is 19.5 Å². The zero-order valence-electron chi connectivity index (χ0n) is 7.18. The van der Waals surface area contributed by atoms with Crippen molar-refractivity contribution in [2.24, 2.45) is 0 Å². The summed E-state index contributed by atoms with van der Waals surface area (Å²) < 4.78 is 1.89. The van der Waals surface area contributed by atoms with Crippen molar-refractivity contribution in [2.75, 3.05) is 5.73 Å². The average Bonchev–Trinajstić information content (AvgIpc) is 2.53.